The van der Waals surface area contributed by atoms with Gasteiger partial charge in [0, 0.05) is 6.42 Å². The van der Waals surface area contributed by atoms with Gasteiger partial charge >= 0.3 is 7.60 Å². The standard InChI is InChI=1S/C6H12NO4P/c1-5-4-10-12(9,11-5)3-2-6(7)8/h5H,2-4H2,1H3,(H2,7,8). The van der Waals surface area contributed by atoms with E-state index < -0.39 is 13.5 Å². The summed E-state index contributed by atoms with van der Waals surface area (Å²) in [5.41, 5.74) is 4.89. The highest BCUT2D eigenvalue weighted by molar-refractivity contribution is 7.54. The molecular weight excluding hydrogens is 181 g/mol. The van der Waals surface area contributed by atoms with Gasteiger partial charge in [-0.3, -0.25) is 9.36 Å². The van der Waals surface area contributed by atoms with Crippen LogP contribution in [-0.2, 0) is 18.4 Å². The van der Waals surface area contributed by atoms with Crippen molar-refractivity contribution in [1.82, 2.24) is 0 Å². The summed E-state index contributed by atoms with van der Waals surface area (Å²) in [6, 6.07) is 0. The van der Waals surface area contributed by atoms with Crippen LogP contribution in [0.15, 0.2) is 0 Å². The Bertz CT molecular complexity index is 230. The van der Waals surface area contributed by atoms with Gasteiger partial charge in [-0.1, -0.05) is 0 Å². The predicted octanol–water partition coefficient (Wildman–Crippen LogP) is 0.490. The molecule has 0 aliphatic carbocycles. The molecule has 0 radical (unpaired) electrons. The first-order chi connectivity index (χ1) is 5.52. The summed E-state index contributed by atoms with van der Waals surface area (Å²) in [5, 5.41) is 0. The predicted molar refractivity (Wildman–Crippen MR) is 42.8 cm³/mol. The molecule has 0 aromatic rings. The van der Waals surface area contributed by atoms with E-state index >= 15 is 0 Å². The van der Waals surface area contributed by atoms with Crippen molar-refractivity contribution < 1.29 is 18.4 Å². The average Bonchev–Trinajstić information content (AvgIpc) is 2.29. The molecule has 1 saturated heterocycles. The monoisotopic (exact) mass is 193 g/mol. The molecule has 2 unspecified atom stereocenters. The molecule has 1 fully saturated rings. The van der Waals surface area contributed by atoms with Crippen LogP contribution < -0.4 is 5.73 Å². The third-order valence-corrected chi connectivity index (χ3v) is 3.47. The molecule has 1 aliphatic heterocycles. The first-order valence-corrected chi connectivity index (χ1v) is 5.45. The highest BCUT2D eigenvalue weighted by Crippen LogP contribution is 2.54. The van der Waals surface area contributed by atoms with Crippen molar-refractivity contribution in [2.24, 2.45) is 5.73 Å². The lowest BCUT2D eigenvalue weighted by molar-refractivity contribution is -0.117. The summed E-state index contributed by atoms with van der Waals surface area (Å²) in [6.07, 6.45) is -0.0138. The molecule has 2 atom stereocenters. The minimum atomic E-state index is -2.98. The zero-order valence-corrected chi connectivity index (χ0v) is 7.75. The highest BCUT2D eigenvalue weighted by atomic mass is 31.2. The van der Waals surface area contributed by atoms with E-state index in [4.69, 9.17) is 14.8 Å². The zero-order valence-electron chi connectivity index (χ0n) is 6.86. The summed E-state index contributed by atoms with van der Waals surface area (Å²) < 4.78 is 21.4. The van der Waals surface area contributed by atoms with Crippen LogP contribution in [0.4, 0.5) is 0 Å². The SMILES string of the molecule is CC1COP(=O)(CCC(N)=O)O1. The molecule has 0 aromatic heterocycles. The number of rotatable bonds is 3. The van der Waals surface area contributed by atoms with Crippen LogP contribution >= 0.6 is 7.60 Å². The van der Waals surface area contributed by atoms with Gasteiger partial charge in [0.25, 0.3) is 0 Å². The summed E-state index contributed by atoms with van der Waals surface area (Å²) in [4.78, 5) is 10.4. The van der Waals surface area contributed by atoms with Crippen molar-refractivity contribution in [2.45, 2.75) is 19.4 Å². The lowest BCUT2D eigenvalue weighted by Gasteiger charge is -2.07. The molecule has 70 valence electrons. The Morgan fingerprint density at radius 1 is 1.75 bits per heavy atom. The topological polar surface area (TPSA) is 78.6 Å². The Kier molecular flexibility index (Phi) is 2.88. The lowest BCUT2D eigenvalue weighted by atomic mass is 10.5. The zero-order chi connectivity index (χ0) is 9.19. The van der Waals surface area contributed by atoms with Crippen LogP contribution in [0.5, 0.6) is 0 Å². The van der Waals surface area contributed by atoms with Gasteiger partial charge in [-0.15, -0.1) is 0 Å². The van der Waals surface area contributed by atoms with Gasteiger partial charge < -0.3 is 14.8 Å². The molecule has 0 saturated carbocycles. The van der Waals surface area contributed by atoms with E-state index in [1.165, 1.54) is 0 Å². The Labute approximate surface area is 70.7 Å². The lowest BCUT2D eigenvalue weighted by Crippen LogP contribution is -2.12. The molecule has 1 amide bonds. The highest BCUT2D eigenvalue weighted by Gasteiger charge is 2.34. The van der Waals surface area contributed by atoms with E-state index in [9.17, 15) is 9.36 Å². The Morgan fingerprint density at radius 2 is 2.42 bits per heavy atom. The van der Waals surface area contributed by atoms with E-state index in [1.54, 1.807) is 6.92 Å². The number of hydrogen-bond acceptors (Lipinski definition) is 4. The van der Waals surface area contributed by atoms with Crippen molar-refractivity contribution in [3.63, 3.8) is 0 Å². The maximum atomic E-state index is 11.5. The molecule has 0 spiro atoms. The van der Waals surface area contributed by atoms with Crippen LogP contribution in [0.25, 0.3) is 0 Å². The van der Waals surface area contributed by atoms with Crippen molar-refractivity contribution in [1.29, 1.82) is 0 Å². The minimum Gasteiger partial charge on any atom is -0.370 e. The normalized spacial score (nSPS) is 35.2. The summed E-state index contributed by atoms with van der Waals surface area (Å²) in [5.74, 6) is -0.489. The fourth-order valence-corrected chi connectivity index (χ4v) is 2.75. The summed E-state index contributed by atoms with van der Waals surface area (Å²) in [7, 11) is -2.98. The molecule has 12 heavy (non-hydrogen) atoms. The van der Waals surface area contributed by atoms with Crippen molar-refractivity contribution in [3.05, 3.63) is 0 Å². The second-order valence-corrected chi connectivity index (χ2v) is 4.90. The van der Waals surface area contributed by atoms with Crippen LogP contribution in [0, 0.1) is 0 Å². The molecule has 1 heterocycles. The molecule has 1 rings (SSSR count). The second kappa shape index (κ2) is 3.56. The smallest absolute Gasteiger partial charge is 0.331 e. The molecular formula is C6H12NO4P. The van der Waals surface area contributed by atoms with Gasteiger partial charge in [0.15, 0.2) is 0 Å². The first kappa shape index (κ1) is 9.71. The number of nitrogens with two attached hydrogens (primary N) is 1. The molecule has 1 aliphatic rings. The number of hydrogen-bond donors (Lipinski definition) is 1. The molecule has 2 N–H and O–H groups in total. The molecule has 6 heteroatoms. The fraction of sp³-hybridized carbons (Fsp3) is 0.833. The van der Waals surface area contributed by atoms with Gasteiger partial charge in [-0.25, -0.2) is 0 Å². The number of carbonyl (C=O) groups is 1. The molecule has 0 aromatic carbocycles. The summed E-state index contributed by atoms with van der Waals surface area (Å²) in [6.45, 7) is 2.10. The van der Waals surface area contributed by atoms with Gasteiger partial charge in [0.2, 0.25) is 5.91 Å². The van der Waals surface area contributed by atoms with Gasteiger partial charge in [-0.2, -0.15) is 0 Å². The van der Waals surface area contributed by atoms with Crippen molar-refractivity contribution >= 4 is 13.5 Å². The number of amides is 1. The van der Waals surface area contributed by atoms with Crippen LogP contribution in [-0.4, -0.2) is 24.8 Å². The fourth-order valence-electron chi connectivity index (χ4n) is 0.918. The first-order valence-electron chi connectivity index (χ1n) is 3.72. The molecule has 5 nitrogen and oxygen atoms in total. The van der Waals surface area contributed by atoms with E-state index in [2.05, 4.69) is 0 Å². The molecule has 0 bridgehead atoms. The van der Waals surface area contributed by atoms with E-state index in [-0.39, 0.29) is 18.7 Å². The van der Waals surface area contributed by atoms with Crippen molar-refractivity contribution in [3.8, 4) is 0 Å². The minimum absolute atomic E-state index is 0.0456. The Morgan fingerprint density at radius 3 is 2.83 bits per heavy atom. The Hall–Kier alpha value is -0.380. The Balaban J connectivity index is 2.40. The second-order valence-electron chi connectivity index (χ2n) is 2.76. The maximum absolute atomic E-state index is 11.5. The van der Waals surface area contributed by atoms with Gasteiger partial charge in [0.05, 0.1) is 18.9 Å². The van der Waals surface area contributed by atoms with Crippen LogP contribution in [0.2, 0.25) is 0 Å². The maximum Gasteiger partial charge on any atom is 0.331 e. The van der Waals surface area contributed by atoms with E-state index in [0.29, 0.717) is 6.61 Å². The summed E-state index contributed by atoms with van der Waals surface area (Å²) >= 11 is 0. The third kappa shape index (κ3) is 2.59. The van der Waals surface area contributed by atoms with Crippen molar-refractivity contribution in [2.75, 3.05) is 12.8 Å². The van der Waals surface area contributed by atoms with E-state index in [1.807, 2.05) is 0 Å². The quantitative estimate of drug-likeness (QED) is 0.661. The average molecular weight is 193 g/mol. The number of carbonyl (C=O) groups excluding carboxylic acids is 1. The third-order valence-electron chi connectivity index (χ3n) is 1.48. The van der Waals surface area contributed by atoms with E-state index in [0.717, 1.165) is 0 Å². The van der Waals surface area contributed by atoms with Crippen LogP contribution in [0.3, 0.4) is 0 Å². The van der Waals surface area contributed by atoms with Crippen LogP contribution in [0.1, 0.15) is 13.3 Å². The number of primary amides is 1. The van der Waals surface area contributed by atoms with Gasteiger partial charge in [0.1, 0.15) is 0 Å². The largest absolute Gasteiger partial charge is 0.370 e. The van der Waals surface area contributed by atoms with Gasteiger partial charge in [-0.05, 0) is 6.92 Å².